The van der Waals surface area contributed by atoms with Crippen molar-refractivity contribution in [1.82, 2.24) is 24.8 Å². The Morgan fingerprint density at radius 1 is 1.22 bits per heavy atom. The molecule has 0 aliphatic carbocycles. The molecule has 0 saturated carbocycles. The molecule has 0 bridgehead atoms. The number of hydrogen-bond donors (Lipinski definition) is 2. The first kappa shape index (κ1) is 17.7. The molecular formula is C21H26N6. The topological polar surface area (TPSA) is 83.7 Å². The summed E-state index contributed by atoms with van der Waals surface area (Å²) in [5.74, 6) is 1.37. The van der Waals surface area contributed by atoms with Crippen LogP contribution in [-0.2, 0) is 19.5 Å². The van der Waals surface area contributed by atoms with Gasteiger partial charge in [-0.2, -0.15) is 0 Å². The first-order valence-corrected chi connectivity index (χ1v) is 9.48. The molecule has 6 heteroatoms. The molecule has 1 aliphatic rings. The zero-order valence-electron chi connectivity index (χ0n) is 16.4. The van der Waals surface area contributed by atoms with Crippen LogP contribution in [0.1, 0.15) is 53.9 Å². The molecule has 0 amide bonds. The minimum atomic E-state index is 0.176. The molecule has 0 saturated heterocycles. The van der Waals surface area contributed by atoms with Gasteiger partial charge in [0, 0.05) is 36.3 Å². The van der Waals surface area contributed by atoms with Crippen molar-refractivity contribution < 1.29 is 0 Å². The van der Waals surface area contributed by atoms with Crippen molar-refractivity contribution >= 4 is 5.95 Å². The summed E-state index contributed by atoms with van der Waals surface area (Å²) in [5.41, 5.74) is 13.7. The number of fused-ring (bicyclic) bond motifs is 1. The standard InChI is InChI=1S/C21H26N6/c1-5-18-23-13(3)17(24-18)11-27-10-16-19(14(27)4)25-21(22)26-20(16)15-8-6-7-12(2)9-15/h6-9,14H,5,10-11H2,1-4H3,(H,23,24)(H2,22,25,26). The van der Waals surface area contributed by atoms with E-state index in [2.05, 4.69) is 71.8 Å². The third-order valence-corrected chi connectivity index (χ3v) is 5.37. The van der Waals surface area contributed by atoms with Gasteiger partial charge < -0.3 is 10.7 Å². The van der Waals surface area contributed by atoms with E-state index in [9.17, 15) is 0 Å². The fraction of sp³-hybridized carbons (Fsp3) is 0.381. The summed E-state index contributed by atoms with van der Waals surface area (Å²) in [6.07, 6.45) is 0.913. The lowest BCUT2D eigenvalue weighted by molar-refractivity contribution is 0.215. The zero-order valence-corrected chi connectivity index (χ0v) is 16.4. The first-order valence-electron chi connectivity index (χ1n) is 9.48. The molecule has 1 aliphatic heterocycles. The van der Waals surface area contributed by atoms with E-state index in [1.807, 2.05) is 0 Å². The monoisotopic (exact) mass is 362 g/mol. The molecule has 1 unspecified atom stereocenters. The number of anilines is 1. The van der Waals surface area contributed by atoms with Gasteiger partial charge in [0.1, 0.15) is 5.82 Å². The molecule has 6 nitrogen and oxygen atoms in total. The van der Waals surface area contributed by atoms with Gasteiger partial charge >= 0.3 is 0 Å². The summed E-state index contributed by atoms with van der Waals surface area (Å²) in [6, 6.07) is 8.57. The maximum Gasteiger partial charge on any atom is 0.220 e. The van der Waals surface area contributed by atoms with Crippen molar-refractivity contribution in [3.8, 4) is 11.3 Å². The molecule has 27 heavy (non-hydrogen) atoms. The third kappa shape index (κ3) is 3.21. The number of hydrogen-bond acceptors (Lipinski definition) is 5. The Bertz CT molecular complexity index is 990. The summed E-state index contributed by atoms with van der Waals surface area (Å²) in [5, 5.41) is 0. The average Bonchev–Trinajstić information content (AvgIpc) is 3.15. The number of H-pyrrole nitrogens is 1. The van der Waals surface area contributed by atoms with E-state index < -0.39 is 0 Å². The largest absolute Gasteiger partial charge is 0.368 e. The Balaban J connectivity index is 1.70. The highest BCUT2D eigenvalue weighted by molar-refractivity contribution is 5.66. The van der Waals surface area contributed by atoms with E-state index in [0.717, 1.165) is 53.7 Å². The van der Waals surface area contributed by atoms with Gasteiger partial charge in [0.2, 0.25) is 5.95 Å². The van der Waals surface area contributed by atoms with Crippen molar-refractivity contribution in [2.75, 3.05) is 5.73 Å². The van der Waals surface area contributed by atoms with Crippen molar-refractivity contribution in [2.45, 2.75) is 53.2 Å². The lowest BCUT2D eigenvalue weighted by Gasteiger charge is -2.20. The quantitative estimate of drug-likeness (QED) is 0.739. The van der Waals surface area contributed by atoms with Crippen molar-refractivity contribution in [3.05, 3.63) is 58.3 Å². The summed E-state index contributed by atoms with van der Waals surface area (Å²) in [4.78, 5) is 19.7. The van der Waals surface area contributed by atoms with E-state index >= 15 is 0 Å². The lowest BCUT2D eigenvalue weighted by atomic mass is 10.0. The van der Waals surface area contributed by atoms with Crippen LogP contribution in [0.4, 0.5) is 5.95 Å². The summed E-state index contributed by atoms with van der Waals surface area (Å²) in [7, 11) is 0. The molecule has 3 N–H and O–H groups in total. The molecule has 1 aromatic carbocycles. The fourth-order valence-electron chi connectivity index (χ4n) is 3.83. The maximum atomic E-state index is 6.05. The summed E-state index contributed by atoms with van der Waals surface area (Å²) < 4.78 is 0. The molecule has 0 spiro atoms. The second kappa shape index (κ2) is 6.78. The molecule has 0 fully saturated rings. The number of imidazole rings is 1. The molecule has 3 heterocycles. The minimum Gasteiger partial charge on any atom is -0.368 e. The van der Waals surface area contributed by atoms with Gasteiger partial charge in [0.05, 0.1) is 23.1 Å². The van der Waals surface area contributed by atoms with Crippen molar-refractivity contribution in [3.63, 3.8) is 0 Å². The Hall–Kier alpha value is -2.73. The fourth-order valence-corrected chi connectivity index (χ4v) is 3.83. The Morgan fingerprint density at radius 3 is 2.74 bits per heavy atom. The van der Waals surface area contributed by atoms with Crippen LogP contribution >= 0.6 is 0 Å². The highest BCUT2D eigenvalue weighted by atomic mass is 15.2. The van der Waals surface area contributed by atoms with Crippen molar-refractivity contribution in [2.24, 2.45) is 0 Å². The van der Waals surface area contributed by atoms with Crippen LogP contribution in [0.2, 0.25) is 0 Å². The number of nitrogen functional groups attached to an aromatic ring is 1. The predicted molar refractivity (Wildman–Crippen MR) is 107 cm³/mol. The van der Waals surface area contributed by atoms with Gasteiger partial charge in [-0.15, -0.1) is 0 Å². The SMILES string of the molecule is CCc1nc(CN2Cc3c(-c4cccc(C)c4)nc(N)nc3C2C)c(C)[nH]1. The predicted octanol–water partition coefficient (Wildman–Crippen LogP) is 3.70. The number of nitrogens with one attached hydrogen (secondary N) is 1. The van der Waals surface area contributed by atoms with Crippen LogP contribution in [0.25, 0.3) is 11.3 Å². The third-order valence-electron chi connectivity index (χ3n) is 5.37. The van der Waals surface area contributed by atoms with Crippen LogP contribution in [0.15, 0.2) is 24.3 Å². The van der Waals surface area contributed by atoms with E-state index in [0.29, 0.717) is 5.95 Å². The average molecular weight is 362 g/mol. The van der Waals surface area contributed by atoms with Gasteiger partial charge in [0.15, 0.2) is 0 Å². The number of benzene rings is 1. The molecule has 0 radical (unpaired) electrons. The second-order valence-electron chi connectivity index (χ2n) is 7.35. The van der Waals surface area contributed by atoms with Crippen LogP contribution in [-0.4, -0.2) is 24.8 Å². The number of nitrogens with two attached hydrogens (primary N) is 1. The van der Waals surface area contributed by atoms with Crippen LogP contribution < -0.4 is 5.73 Å². The zero-order chi connectivity index (χ0) is 19.1. The van der Waals surface area contributed by atoms with E-state index in [-0.39, 0.29) is 6.04 Å². The maximum absolute atomic E-state index is 6.05. The molecule has 140 valence electrons. The normalized spacial score (nSPS) is 16.7. The van der Waals surface area contributed by atoms with E-state index in [4.69, 9.17) is 10.7 Å². The molecule has 1 atom stereocenters. The van der Waals surface area contributed by atoms with E-state index in [1.54, 1.807) is 0 Å². The number of nitrogens with zero attached hydrogens (tertiary/aromatic N) is 4. The number of rotatable bonds is 4. The minimum absolute atomic E-state index is 0.176. The van der Waals surface area contributed by atoms with Crippen molar-refractivity contribution in [1.29, 1.82) is 0 Å². The van der Waals surface area contributed by atoms with Crippen LogP contribution in [0, 0.1) is 13.8 Å². The number of aromatic amines is 1. The van der Waals surface area contributed by atoms with Crippen LogP contribution in [0.5, 0.6) is 0 Å². The first-order chi connectivity index (χ1) is 13.0. The van der Waals surface area contributed by atoms with E-state index in [1.165, 1.54) is 11.1 Å². The molecule has 3 aromatic rings. The lowest BCUT2D eigenvalue weighted by Crippen LogP contribution is -2.20. The Labute approximate surface area is 159 Å². The van der Waals surface area contributed by atoms with Gasteiger partial charge in [-0.05, 0) is 26.8 Å². The van der Waals surface area contributed by atoms with Gasteiger partial charge in [0.25, 0.3) is 0 Å². The summed E-state index contributed by atoms with van der Waals surface area (Å²) in [6.45, 7) is 10.1. The number of aryl methyl sites for hydroxylation is 3. The highest BCUT2D eigenvalue weighted by Gasteiger charge is 2.32. The van der Waals surface area contributed by atoms with Gasteiger partial charge in [-0.25, -0.2) is 15.0 Å². The summed E-state index contributed by atoms with van der Waals surface area (Å²) >= 11 is 0. The highest BCUT2D eigenvalue weighted by Crippen LogP contribution is 2.38. The molecule has 2 aromatic heterocycles. The smallest absolute Gasteiger partial charge is 0.220 e. The number of aromatic nitrogens is 4. The molecular weight excluding hydrogens is 336 g/mol. The Morgan fingerprint density at radius 2 is 2.04 bits per heavy atom. The Kier molecular flexibility index (Phi) is 4.44. The van der Waals surface area contributed by atoms with Gasteiger partial charge in [-0.1, -0.05) is 30.7 Å². The second-order valence-corrected chi connectivity index (χ2v) is 7.35. The van der Waals surface area contributed by atoms with Crippen LogP contribution in [0.3, 0.4) is 0 Å². The molecule has 4 rings (SSSR count). The van der Waals surface area contributed by atoms with Gasteiger partial charge in [-0.3, -0.25) is 4.90 Å².